The van der Waals surface area contributed by atoms with Crippen LogP contribution in [0.2, 0.25) is 0 Å². The minimum absolute atomic E-state index is 0. The summed E-state index contributed by atoms with van der Waals surface area (Å²) in [5, 5.41) is 10.9. The lowest BCUT2D eigenvalue weighted by Crippen LogP contribution is -2.29. The van der Waals surface area contributed by atoms with Crippen LogP contribution in [0.4, 0.5) is 0 Å². The van der Waals surface area contributed by atoms with Crippen LogP contribution in [-0.4, -0.2) is 30.6 Å². The van der Waals surface area contributed by atoms with Gasteiger partial charge in [0.1, 0.15) is 0 Å². The first-order chi connectivity index (χ1) is 8.13. The Morgan fingerprint density at radius 1 is 1.22 bits per heavy atom. The van der Waals surface area contributed by atoms with Gasteiger partial charge in [-0.15, -0.1) is 12.4 Å². The maximum atomic E-state index is 10.9. The van der Waals surface area contributed by atoms with Gasteiger partial charge in [-0.05, 0) is 57.8 Å². The SMILES string of the molecule is CN(C)CCCC(O)(c1ccccc1)C1CC1.Cl. The Balaban J connectivity index is 0.00000162. The number of halogens is 1. The molecule has 0 amide bonds. The average Bonchev–Trinajstić information content (AvgIpc) is 3.13. The van der Waals surface area contributed by atoms with Crippen LogP contribution >= 0.6 is 12.4 Å². The van der Waals surface area contributed by atoms with Crippen molar-refractivity contribution in [3.8, 4) is 0 Å². The van der Waals surface area contributed by atoms with Gasteiger partial charge in [0.2, 0.25) is 0 Å². The van der Waals surface area contributed by atoms with Crippen LogP contribution in [0.25, 0.3) is 0 Å². The van der Waals surface area contributed by atoms with Crippen LogP contribution in [0, 0.1) is 5.92 Å². The molecule has 0 radical (unpaired) electrons. The Hall–Kier alpha value is -0.570. The van der Waals surface area contributed by atoms with Crippen LogP contribution in [0.1, 0.15) is 31.2 Å². The van der Waals surface area contributed by atoms with Gasteiger partial charge in [-0.3, -0.25) is 0 Å². The van der Waals surface area contributed by atoms with E-state index >= 15 is 0 Å². The van der Waals surface area contributed by atoms with E-state index in [0.717, 1.165) is 24.9 Å². The minimum Gasteiger partial charge on any atom is -0.385 e. The van der Waals surface area contributed by atoms with Crippen LogP contribution in [0.5, 0.6) is 0 Å². The summed E-state index contributed by atoms with van der Waals surface area (Å²) in [6.45, 7) is 1.04. The topological polar surface area (TPSA) is 23.5 Å². The third kappa shape index (κ3) is 3.71. The summed E-state index contributed by atoms with van der Waals surface area (Å²) in [6.07, 6.45) is 4.27. The van der Waals surface area contributed by atoms with Crippen LogP contribution < -0.4 is 0 Å². The van der Waals surface area contributed by atoms with Gasteiger partial charge in [-0.25, -0.2) is 0 Å². The number of rotatable bonds is 6. The van der Waals surface area contributed by atoms with E-state index in [2.05, 4.69) is 31.1 Å². The monoisotopic (exact) mass is 269 g/mol. The van der Waals surface area contributed by atoms with Crippen molar-refractivity contribution < 1.29 is 5.11 Å². The van der Waals surface area contributed by atoms with Gasteiger partial charge in [-0.1, -0.05) is 30.3 Å². The molecule has 1 unspecified atom stereocenters. The molecule has 1 fully saturated rings. The number of aliphatic hydroxyl groups is 1. The summed E-state index contributed by atoms with van der Waals surface area (Å²) in [5.41, 5.74) is 0.512. The van der Waals surface area contributed by atoms with Crippen molar-refractivity contribution in [2.75, 3.05) is 20.6 Å². The van der Waals surface area contributed by atoms with Gasteiger partial charge >= 0.3 is 0 Å². The Morgan fingerprint density at radius 2 is 1.83 bits per heavy atom. The molecule has 1 aliphatic rings. The molecule has 1 N–H and O–H groups in total. The lowest BCUT2D eigenvalue weighted by molar-refractivity contribution is 0.000817. The Morgan fingerprint density at radius 3 is 2.33 bits per heavy atom. The number of hydrogen-bond acceptors (Lipinski definition) is 2. The molecule has 18 heavy (non-hydrogen) atoms. The normalized spacial score (nSPS) is 18.2. The van der Waals surface area contributed by atoms with Crippen molar-refractivity contribution >= 4 is 12.4 Å². The molecule has 0 aliphatic heterocycles. The molecule has 0 heterocycles. The first-order valence-electron chi connectivity index (χ1n) is 6.55. The second-order valence-corrected chi connectivity index (χ2v) is 5.47. The van der Waals surface area contributed by atoms with Gasteiger partial charge in [-0.2, -0.15) is 0 Å². The fourth-order valence-electron chi connectivity index (χ4n) is 2.54. The first kappa shape index (κ1) is 15.5. The zero-order chi connectivity index (χ0) is 12.3. The third-order valence-electron chi connectivity index (χ3n) is 3.69. The van der Waals surface area contributed by atoms with Gasteiger partial charge < -0.3 is 10.0 Å². The molecule has 1 atom stereocenters. The molecule has 1 aliphatic carbocycles. The quantitative estimate of drug-likeness (QED) is 0.858. The molecule has 1 saturated carbocycles. The lowest BCUT2D eigenvalue weighted by atomic mass is 9.84. The van der Waals surface area contributed by atoms with Crippen molar-refractivity contribution in [1.82, 2.24) is 4.90 Å². The first-order valence-corrected chi connectivity index (χ1v) is 6.55. The third-order valence-corrected chi connectivity index (χ3v) is 3.69. The smallest absolute Gasteiger partial charge is 0.0925 e. The van der Waals surface area contributed by atoms with E-state index < -0.39 is 5.60 Å². The molecule has 0 bridgehead atoms. The highest BCUT2D eigenvalue weighted by Crippen LogP contribution is 2.48. The molecular weight excluding hydrogens is 246 g/mol. The molecular formula is C15H24ClNO. The summed E-state index contributed by atoms with van der Waals surface area (Å²) in [5.74, 6) is 0.479. The summed E-state index contributed by atoms with van der Waals surface area (Å²) in [6, 6.07) is 10.2. The second-order valence-electron chi connectivity index (χ2n) is 5.47. The van der Waals surface area contributed by atoms with Crippen LogP contribution in [0.3, 0.4) is 0 Å². The zero-order valence-electron chi connectivity index (χ0n) is 11.3. The van der Waals surface area contributed by atoms with Crippen molar-refractivity contribution in [3.05, 3.63) is 35.9 Å². The highest BCUT2D eigenvalue weighted by atomic mass is 35.5. The maximum absolute atomic E-state index is 10.9. The Kier molecular flexibility index (Phi) is 5.64. The zero-order valence-corrected chi connectivity index (χ0v) is 12.1. The minimum atomic E-state index is -0.586. The highest BCUT2D eigenvalue weighted by Gasteiger charge is 2.44. The number of benzene rings is 1. The standard InChI is InChI=1S/C15H23NO.ClH/c1-16(2)12-6-11-15(17,14-9-10-14)13-7-4-3-5-8-13;/h3-5,7-8,14,17H,6,9-12H2,1-2H3;1H. The summed E-state index contributed by atoms with van der Waals surface area (Å²) in [4.78, 5) is 2.18. The Bertz CT molecular complexity index is 351. The van der Waals surface area contributed by atoms with Gasteiger partial charge in [0.05, 0.1) is 5.60 Å². The number of hydrogen-bond donors (Lipinski definition) is 1. The van der Waals surface area contributed by atoms with Crippen molar-refractivity contribution in [3.63, 3.8) is 0 Å². The van der Waals surface area contributed by atoms with E-state index in [0.29, 0.717) is 5.92 Å². The van der Waals surface area contributed by atoms with E-state index in [1.807, 2.05) is 18.2 Å². The Labute approximate surface area is 116 Å². The molecule has 102 valence electrons. The van der Waals surface area contributed by atoms with E-state index in [-0.39, 0.29) is 12.4 Å². The van der Waals surface area contributed by atoms with E-state index in [1.165, 1.54) is 12.8 Å². The molecule has 1 aromatic rings. The molecule has 3 heteroatoms. The fraction of sp³-hybridized carbons (Fsp3) is 0.600. The van der Waals surface area contributed by atoms with Gasteiger partial charge in [0.25, 0.3) is 0 Å². The highest BCUT2D eigenvalue weighted by molar-refractivity contribution is 5.85. The summed E-state index contributed by atoms with van der Waals surface area (Å²) >= 11 is 0. The second kappa shape index (κ2) is 6.55. The summed E-state index contributed by atoms with van der Waals surface area (Å²) < 4.78 is 0. The molecule has 0 saturated heterocycles. The fourth-order valence-corrected chi connectivity index (χ4v) is 2.54. The van der Waals surface area contributed by atoms with Crippen molar-refractivity contribution in [1.29, 1.82) is 0 Å². The average molecular weight is 270 g/mol. The largest absolute Gasteiger partial charge is 0.385 e. The van der Waals surface area contributed by atoms with Crippen molar-refractivity contribution in [2.45, 2.75) is 31.3 Å². The van der Waals surface area contributed by atoms with Gasteiger partial charge in [0, 0.05) is 0 Å². The summed E-state index contributed by atoms with van der Waals surface area (Å²) in [7, 11) is 4.16. The molecule has 1 aromatic carbocycles. The van der Waals surface area contributed by atoms with E-state index in [4.69, 9.17) is 0 Å². The lowest BCUT2D eigenvalue weighted by Gasteiger charge is -2.29. The maximum Gasteiger partial charge on any atom is 0.0925 e. The van der Waals surface area contributed by atoms with Crippen LogP contribution in [-0.2, 0) is 5.60 Å². The van der Waals surface area contributed by atoms with Gasteiger partial charge in [0.15, 0.2) is 0 Å². The predicted octanol–water partition coefficient (Wildman–Crippen LogP) is 3.05. The predicted molar refractivity (Wildman–Crippen MR) is 78.1 cm³/mol. The molecule has 0 aromatic heterocycles. The molecule has 2 nitrogen and oxygen atoms in total. The van der Waals surface area contributed by atoms with E-state index in [9.17, 15) is 5.11 Å². The van der Waals surface area contributed by atoms with Crippen LogP contribution in [0.15, 0.2) is 30.3 Å². The van der Waals surface area contributed by atoms with Crippen molar-refractivity contribution in [2.24, 2.45) is 5.92 Å². The number of nitrogens with zero attached hydrogens (tertiary/aromatic N) is 1. The molecule has 0 spiro atoms. The van der Waals surface area contributed by atoms with E-state index in [1.54, 1.807) is 0 Å². The molecule has 2 rings (SSSR count).